The standard InChI is InChI=1S/C14H12N2O2/c1-9-5-10(3-4-13(9)18-2)12-6-11(7-15)14(17)16-8-12/h3-6,8H,1-2H3,(H,16,17). The largest absolute Gasteiger partial charge is 0.496 e. The van der Waals surface area contributed by atoms with Gasteiger partial charge in [-0.2, -0.15) is 5.26 Å². The summed E-state index contributed by atoms with van der Waals surface area (Å²) in [7, 11) is 1.62. The zero-order valence-corrected chi connectivity index (χ0v) is 10.2. The maximum Gasteiger partial charge on any atom is 0.265 e. The molecule has 1 aromatic carbocycles. The smallest absolute Gasteiger partial charge is 0.265 e. The molecule has 0 unspecified atom stereocenters. The molecular formula is C14H12N2O2. The van der Waals surface area contributed by atoms with Gasteiger partial charge >= 0.3 is 0 Å². The predicted molar refractivity (Wildman–Crippen MR) is 68.5 cm³/mol. The third kappa shape index (κ3) is 2.11. The van der Waals surface area contributed by atoms with E-state index < -0.39 is 0 Å². The number of nitrogens with one attached hydrogen (secondary N) is 1. The van der Waals surface area contributed by atoms with Gasteiger partial charge in [0.05, 0.1) is 7.11 Å². The zero-order valence-electron chi connectivity index (χ0n) is 10.2. The molecule has 90 valence electrons. The van der Waals surface area contributed by atoms with Crippen molar-refractivity contribution in [2.75, 3.05) is 7.11 Å². The average molecular weight is 240 g/mol. The lowest BCUT2D eigenvalue weighted by atomic mass is 10.0. The molecular weight excluding hydrogens is 228 g/mol. The SMILES string of the molecule is COc1ccc(-c2c[nH]c(=O)c(C#N)c2)cc1C. The highest BCUT2D eigenvalue weighted by atomic mass is 16.5. The van der Waals surface area contributed by atoms with E-state index in [1.165, 1.54) is 0 Å². The molecule has 0 bridgehead atoms. The third-order valence-electron chi connectivity index (χ3n) is 2.75. The first-order valence-electron chi connectivity index (χ1n) is 5.43. The number of ether oxygens (including phenoxy) is 1. The van der Waals surface area contributed by atoms with E-state index in [9.17, 15) is 4.79 Å². The highest BCUT2D eigenvalue weighted by Crippen LogP contribution is 2.25. The van der Waals surface area contributed by atoms with Crippen molar-refractivity contribution in [3.05, 3.63) is 51.9 Å². The van der Waals surface area contributed by atoms with E-state index in [0.717, 1.165) is 22.4 Å². The van der Waals surface area contributed by atoms with Gasteiger partial charge in [0.15, 0.2) is 0 Å². The Morgan fingerprint density at radius 1 is 1.28 bits per heavy atom. The van der Waals surface area contributed by atoms with Crippen molar-refractivity contribution < 1.29 is 4.74 Å². The number of aryl methyl sites for hydroxylation is 1. The minimum absolute atomic E-state index is 0.112. The summed E-state index contributed by atoms with van der Waals surface area (Å²) in [6.45, 7) is 1.94. The van der Waals surface area contributed by atoms with Crippen LogP contribution in [0.2, 0.25) is 0 Å². The summed E-state index contributed by atoms with van der Waals surface area (Å²) in [5.41, 5.74) is 2.48. The van der Waals surface area contributed by atoms with Crippen LogP contribution in [0.3, 0.4) is 0 Å². The highest BCUT2D eigenvalue weighted by molar-refractivity contribution is 5.66. The van der Waals surface area contributed by atoms with Gasteiger partial charge in [-0.1, -0.05) is 6.07 Å². The molecule has 0 aliphatic heterocycles. The van der Waals surface area contributed by atoms with E-state index in [4.69, 9.17) is 10.00 Å². The molecule has 0 aliphatic carbocycles. The summed E-state index contributed by atoms with van der Waals surface area (Å²) in [6.07, 6.45) is 1.60. The Balaban J connectivity index is 2.53. The van der Waals surface area contributed by atoms with Crippen molar-refractivity contribution in [1.82, 2.24) is 4.98 Å². The van der Waals surface area contributed by atoms with Crippen LogP contribution in [0, 0.1) is 18.3 Å². The minimum Gasteiger partial charge on any atom is -0.496 e. The van der Waals surface area contributed by atoms with Crippen LogP contribution in [-0.2, 0) is 0 Å². The molecule has 0 atom stereocenters. The van der Waals surface area contributed by atoms with Gasteiger partial charge < -0.3 is 9.72 Å². The fourth-order valence-electron chi connectivity index (χ4n) is 1.79. The van der Waals surface area contributed by atoms with Crippen LogP contribution in [-0.4, -0.2) is 12.1 Å². The van der Waals surface area contributed by atoms with Crippen molar-refractivity contribution in [3.8, 4) is 22.9 Å². The van der Waals surface area contributed by atoms with Crippen molar-refractivity contribution in [3.63, 3.8) is 0 Å². The Morgan fingerprint density at radius 3 is 2.67 bits per heavy atom. The monoisotopic (exact) mass is 240 g/mol. The fourth-order valence-corrected chi connectivity index (χ4v) is 1.79. The molecule has 0 fully saturated rings. The van der Waals surface area contributed by atoms with Crippen LogP contribution >= 0.6 is 0 Å². The van der Waals surface area contributed by atoms with Crippen LogP contribution in [0.15, 0.2) is 35.3 Å². The van der Waals surface area contributed by atoms with Crippen LogP contribution < -0.4 is 10.3 Å². The van der Waals surface area contributed by atoms with Crippen molar-refractivity contribution in [2.24, 2.45) is 0 Å². The molecule has 0 spiro atoms. The van der Waals surface area contributed by atoms with Gasteiger partial charge in [-0.3, -0.25) is 4.79 Å². The quantitative estimate of drug-likeness (QED) is 0.875. The normalized spacial score (nSPS) is 9.83. The molecule has 1 heterocycles. The predicted octanol–water partition coefficient (Wildman–Crippen LogP) is 2.23. The molecule has 18 heavy (non-hydrogen) atoms. The van der Waals surface area contributed by atoms with E-state index in [-0.39, 0.29) is 11.1 Å². The Morgan fingerprint density at radius 2 is 2.06 bits per heavy atom. The lowest BCUT2D eigenvalue weighted by Crippen LogP contribution is -2.08. The van der Waals surface area contributed by atoms with Crippen LogP contribution in [0.1, 0.15) is 11.1 Å². The Bertz CT molecular complexity index is 681. The summed E-state index contributed by atoms with van der Waals surface area (Å²) in [5, 5.41) is 8.84. The summed E-state index contributed by atoms with van der Waals surface area (Å²) in [5.74, 6) is 0.809. The van der Waals surface area contributed by atoms with Gasteiger partial charge in [0.1, 0.15) is 17.4 Å². The Hall–Kier alpha value is -2.54. The molecule has 2 rings (SSSR count). The summed E-state index contributed by atoms with van der Waals surface area (Å²) in [4.78, 5) is 13.9. The number of rotatable bonds is 2. The Kier molecular flexibility index (Phi) is 3.16. The summed E-state index contributed by atoms with van der Waals surface area (Å²) >= 11 is 0. The number of H-pyrrole nitrogens is 1. The molecule has 0 radical (unpaired) electrons. The second-order valence-corrected chi connectivity index (χ2v) is 3.93. The average Bonchev–Trinajstić information content (AvgIpc) is 2.39. The number of methoxy groups -OCH3 is 1. The van der Waals surface area contributed by atoms with Gasteiger partial charge in [-0.05, 0) is 41.8 Å². The van der Waals surface area contributed by atoms with Crippen LogP contribution in [0.4, 0.5) is 0 Å². The number of hydrogen-bond donors (Lipinski definition) is 1. The zero-order chi connectivity index (χ0) is 13.1. The second-order valence-electron chi connectivity index (χ2n) is 3.93. The molecule has 2 aromatic rings. The van der Waals surface area contributed by atoms with Gasteiger partial charge in [0.25, 0.3) is 5.56 Å². The Labute approximate surface area is 104 Å². The molecule has 0 aliphatic rings. The molecule has 4 heteroatoms. The lowest BCUT2D eigenvalue weighted by Gasteiger charge is -2.07. The van der Waals surface area contributed by atoms with Gasteiger partial charge in [0, 0.05) is 6.20 Å². The van der Waals surface area contributed by atoms with E-state index in [1.54, 1.807) is 19.4 Å². The molecule has 0 amide bonds. The number of hydrogen-bond acceptors (Lipinski definition) is 3. The van der Waals surface area contributed by atoms with Crippen LogP contribution in [0.25, 0.3) is 11.1 Å². The first-order valence-corrected chi connectivity index (χ1v) is 5.43. The maximum absolute atomic E-state index is 11.3. The molecule has 0 saturated carbocycles. The summed E-state index contributed by atoms with van der Waals surface area (Å²) in [6, 6.07) is 9.16. The first kappa shape index (κ1) is 11.9. The lowest BCUT2D eigenvalue weighted by molar-refractivity contribution is 0.412. The van der Waals surface area contributed by atoms with Crippen LogP contribution in [0.5, 0.6) is 5.75 Å². The number of aromatic nitrogens is 1. The maximum atomic E-state index is 11.3. The van der Waals surface area contributed by atoms with E-state index in [2.05, 4.69) is 4.98 Å². The van der Waals surface area contributed by atoms with Gasteiger partial charge in [0.2, 0.25) is 0 Å². The summed E-state index contributed by atoms with van der Waals surface area (Å²) < 4.78 is 5.19. The van der Waals surface area contributed by atoms with Gasteiger partial charge in [-0.25, -0.2) is 0 Å². The van der Waals surface area contributed by atoms with E-state index >= 15 is 0 Å². The first-order chi connectivity index (χ1) is 8.65. The van der Waals surface area contributed by atoms with Crippen molar-refractivity contribution >= 4 is 0 Å². The third-order valence-corrected chi connectivity index (χ3v) is 2.75. The molecule has 0 saturated heterocycles. The second kappa shape index (κ2) is 4.76. The topological polar surface area (TPSA) is 65.9 Å². The number of nitriles is 1. The number of benzene rings is 1. The fraction of sp³-hybridized carbons (Fsp3) is 0.143. The van der Waals surface area contributed by atoms with Gasteiger partial charge in [-0.15, -0.1) is 0 Å². The van der Waals surface area contributed by atoms with E-state index in [0.29, 0.717) is 0 Å². The molecule has 1 N–H and O–H groups in total. The molecule has 4 nitrogen and oxygen atoms in total. The number of nitrogens with zero attached hydrogens (tertiary/aromatic N) is 1. The highest BCUT2D eigenvalue weighted by Gasteiger charge is 2.05. The van der Waals surface area contributed by atoms with E-state index in [1.807, 2.05) is 31.2 Å². The molecule has 1 aromatic heterocycles. The number of pyridine rings is 1. The minimum atomic E-state index is -0.369. The van der Waals surface area contributed by atoms with Crippen molar-refractivity contribution in [1.29, 1.82) is 5.26 Å². The van der Waals surface area contributed by atoms with Crippen molar-refractivity contribution in [2.45, 2.75) is 6.92 Å². The number of aromatic amines is 1.